The molecule has 12 heavy (non-hydrogen) atoms. The quantitative estimate of drug-likeness (QED) is 0.528. The van der Waals surface area contributed by atoms with Gasteiger partial charge in [-0.3, -0.25) is 0 Å². The third-order valence-corrected chi connectivity index (χ3v) is 1.42. The van der Waals surface area contributed by atoms with Crippen LogP contribution in [-0.2, 0) is 0 Å². The van der Waals surface area contributed by atoms with Crippen molar-refractivity contribution in [2.24, 2.45) is 0 Å². The lowest BCUT2D eigenvalue weighted by Crippen LogP contribution is -2.16. The summed E-state index contributed by atoms with van der Waals surface area (Å²) in [4.78, 5) is 0. The van der Waals surface area contributed by atoms with E-state index in [9.17, 15) is 13.9 Å². The lowest BCUT2D eigenvalue weighted by Gasteiger charge is -2.07. The summed E-state index contributed by atoms with van der Waals surface area (Å²) in [5.41, 5.74) is -0.0144. The number of rotatable bonds is 2. The van der Waals surface area contributed by atoms with Crippen molar-refractivity contribution in [3.63, 3.8) is 0 Å². The van der Waals surface area contributed by atoms with Crippen LogP contribution >= 0.6 is 0 Å². The highest BCUT2D eigenvalue weighted by molar-refractivity contribution is 5.87. The van der Waals surface area contributed by atoms with Gasteiger partial charge in [0.05, 0.1) is 0 Å². The van der Waals surface area contributed by atoms with Crippen molar-refractivity contribution in [3.05, 3.63) is 35.4 Å². The number of nitrogens with one attached hydrogen (secondary N) is 1. The molecule has 0 amide bonds. The fourth-order valence-electron chi connectivity index (χ4n) is 0.780. The zero-order chi connectivity index (χ0) is 9.14. The normalized spacial score (nSPS) is 10.2. The zero-order valence-electron chi connectivity index (χ0n) is 6.05. The van der Waals surface area contributed by atoms with Crippen LogP contribution in [0.4, 0.5) is 8.78 Å². The van der Waals surface area contributed by atoms with Crippen molar-refractivity contribution in [1.82, 2.24) is 0 Å². The van der Waals surface area contributed by atoms with E-state index in [2.05, 4.69) is 0 Å². The average Bonchev–Trinajstić information content (AvgIpc) is 2.04. The van der Waals surface area contributed by atoms with Crippen LogP contribution in [0.3, 0.4) is 0 Å². The first-order valence-corrected chi connectivity index (χ1v) is 3.25. The third-order valence-electron chi connectivity index (χ3n) is 1.42. The molecule has 0 aliphatic rings. The molecule has 0 aliphatic heterocycles. The maximum Gasteiger partial charge on any atom is 0.263 e. The molecule has 0 unspecified atom stereocenters. The molecule has 0 radical (unpaired) electrons. The van der Waals surface area contributed by atoms with Gasteiger partial charge in [0.15, 0.2) is 0 Å². The van der Waals surface area contributed by atoms with Crippen molar-refractivity contribution < 1.29 is 13.9 Å². The molecule has 0 bridgehead atoms. The van der Waals surface area contributed by atoms with Crippen molar-refractivity contribution in [2.75, 3.05) is 0 Å². The van der Waals surface area contributed by atoms with Gasteiger partial charge in [0, 0.05) is 5.56 Å². The van der Waals surface area contributed by atoms with Gasteiger partial charge in [-0.25, -0.2) is 8.78 Å². The number of hydrogen-bond acceptors (Lipinski definition) is 2. The molecule has 1 rings (SSSR count). The summed E-state index contributed by atoms with van der Waals surface area (Å²) in [5, 5.41) is 17.1. The van der Waals surface area contributed by atoms with Crippen LogP contribution in [0, 0.1) is 5.41 Å². The summed E-state index contributed by atoms with van der Waals surface area (Å²) in [5.74, 6) is -0.865. The van der Waals surface area contributed by atoms with Crippen molar-refractivity contribution >= 4 is 5.90 Å². The predicted molar refractivity (Wildman–Crippen MR) is 38.2 cm³/mol. The van der Waals surface area contributed by atoms with E-state index in [1.54, 1.807) is 0 Å². The zero-order valence-corrected chi connectivity index (χ0v) is 6.05. The third kappa shape index (κ3) is 1.78. The second-order valence-corrected chi connectivity index (χ2v) is 2.25. The minimum absolute atomic E-state index is 0.124. The molecule has 64 valence electrons. The van der Waals surface area contributed by atoms with E-state index in [0.29, 0.717) is 0 Å². The van der Waals surface area contributed by atoms with Gasteiger partial charge < -0.3 is 10.5 Å². The predicted octanol–water partition coefficient (Wildman–Crippen LogP) is 1.31. The van der Waals surface area contributed by atoms with Crippen molar-refractivity contribution in [3.8, 4) is 0 Å². The van der Waals surface area contributed by atoms with Crippen LogP contribution in [0.5, 0.6) is 0 Å². The van der Waals surface area contributed by atoms with Crippen LogP contribution < -0.4 is 5.11 Å². The Labute approximate surface area is 68.0 Å². The maximum absolute atomic E-state index is 12.0. The molecule has 0 aromatic heterocycles. The molecule has 0 atom stereocenters. The standard InChI is InChI=1S/C8H7F2NO/c9-7(10)5-1-3-6(4-2-5)8(11)12/h1-4,7H,(H2,11,12)/p-1. The number of alkyl halides is 2. The van der Waals surface area contributed by atoms with Crippen molar-refractivity contribution in [2.45, 2.75) is 6.43 Å². The first-order valence-electron chi connectivity index (χ1n) is 3.25. The van der Waals surface area contributed by atoms with Crippen LogP contribution in [-0.4, -0.2) is 5.90 Å². The minimum Gasteiger partial charge on any atom is -0.859 e. The molecular weight excluding hydrogens is 164 g/mol. The Morgan fingerprint density at radius 2 is 1.75 bits per heavy atom. The van der Waals surface area contributed by atoms with Gasteiger partial charge in [-0.05, 0) is 11.5 Å². The minimum atomic E-state index is -2.53. The second-order valence-electron chi connectivity index (χ2n) is 2.25. The summed E-state index contributed by atoms with van der Waals surface area (Å²) in [6, 6.07) is 4.73. The first kappa shape index (κ1) is 8.64. The monoisotopic (exact) mass is 170 g/mol. The summed E-state index contributed by atoms with van der Waals surface area (Å²) in [6.07, 6.45) is -2.53. The van der Waals surface area contributed by atoms with E-state index in [1.165, 1.54) is 12.1 Å². The topological polar surface area (TPSA) is 46.9 Å². The molecule has 1 aromatic carbocycles. The number of benzene rings is 1. The second kappa shape index (κ2) is 3.30. The Kier molecular flexibility index (Phi) is 2.38. The van der Waals surface area contributed by atoms with Gasteiger partial charge in [-0.1, -0.05) is 24.3 Å². The summed E-state index contributed by atoms with van der Waals surface area (Å²) in [7, 11) is 0. The molecule has 0 fully saturated rings. The Hall–Kier alpha value is -1.45. The molecule has 0 aliphatic carbocycles. The molecule has 0 heterocycles. The lowest BCUT2D eigenvalue weighted by molar-refractivity contribution is -0.214. The van der Waals surface area contributed by atoms with Crippen LogP contribution in [0.15, 0.2) is 24.3 Å². The largest absolute Gasteiger partial charge is 0.859 e. The molecule has 0 saturated carbocycles. The smallest absolute Gasteiger partial charge is 0.263 e. The lowest BCUT2D eigenvalue weighted by atomic mass is 10.1. The molecule has 0 saturated heterocycles. The van der Waals surface area contributed by atoms with E-state index in [1.807, 2.05) is 0 Å². The summed E-state index contributed by atoms with van der Waals surface area (Å²) in [6.45, 7) is 0. The van der Waals surface area contributed by atoms with E-state index < -0.39 is 12.3 Å². The highest BCUT2D eigenvalue weighted by Crippen LogP contribution is 2.18. The van der Waals surface area contributed by atoms with Gasteiger partial charge in [0.1, 0.15) is 0 Å². The van der Waals surface area contributed by atoms with Crippen LogP contribution in [0.1, 0.15) is 17.6 Å². The number of halogens is 2. The first-order chi connectivity index (χ1) is 5.61. The SMILES string of the molecule is N=C([O-])c1ccc(C(F)F)cc1. The highest BCUT2D eigenvalue weighted by atomic mass is 19.3. The Bertz CT molecular complexity index is 282. The molecule has 2 nitrogen and oxygen atoms in total. The van der Waals surface area contributed by atoms with Gasteiger partial charge in [0.25, 0.3) is 6.43 Å². The van der Waals surface area contributed by atoms with Gasteiger partial charge in [-0.15, -0.1) is 0 Å². The fraction of sp³-hybridized carbons (Fsp3) is 0.125. The summed E-state index contributed by atoms with van der Waals surface area (Å²) < 4.78 is 23.9. The van der Waals surface area contributed by atoms with E-state index in [4.69, 9.17) is 5.41 Å². The van der Waals surface area contributed by atoms with Crippen molar-refractivity contribution in [1.29, 1.82) is 5.41 Å². The highest BCUT2D eigenvalue weighted by Gasteiger charge is 2.04. The maximum atomic E-state index is 12.0. The molecule has 0 spiro atoms. The molecule has 1 N–H and O–H groups in total. The summed E-state index contributed by atoms with van der Waals surface area (Å²) >= 11 is 0. The van der Waals surface area contributed by atoms with E-state index in [0.717, 1.165) is 12.1 Å². The van der Waals surface area contributed by atoms with Crippen LogP contribution in [0.25, 0.3) is 0 Å². The molecule has 4 heteroatoms. The molecular formula is C8H6F2NO-. The Balaban J connectivity index is 2.93. The van der Waals surface area contributed by atoms with Crippen LogP contribution in [0.2, 0.25) is 0 Å². The Morgan fingerprint density at radius 3 is 2.08 bits per heavy atom. The Morgan fingerprint density at radius 1 is 1.25 bits per heavy atom. The van der Waals surface area contributed by atoms with E-state index in [-0.39, 0.29) is 11.1 Å². The molecule has 1 aromatic rings. The fourth-order valence-corrected chi connectivity index (χ4v) is 0.780. The number of hydrogen-bond donors (Lipinski definition) is 1. The van der Waals surface area contributed by atoms with Gasteiger partial charge in [-0.2, -0.15) is 0 Å². The van der Waals surface area contributed by atoms with Gasteiger partial charge >= 0.3 is 0 Å². The average molecular weight is 170 g/mol. The van der Waals surface area contributed by atoms with Gasteiger partial charge in [0.2, 0.25) is 0 Å². The van der Waals surface area contributed by atoms with E-state index >= 15 is 0 Å².